The predicted octanol–water partition coefficient (Wildman–Crippen LogP) is 3.37. The minimum Gasteiger partial charge on any atom is -0.322 e. The minimum atomic E-state index is -0.752. The quantitative estimate of drug-likeness (QED) is 0.923. The number of hydrogen-bond acceptors (Lipinski definition) is 2. The maximum absolute atomic E-state index is 12.9. The number of rotatable bonds is 2. The highest BCUT2D eigenvalue weighted by atomic mass is 79.9. The van der Waals surface area contributed by atoms with Gasteiger partial charge in [0.05, 0.1) is 5.56 Å². The van der Waals surface area contributed by atoms with Crippen LogP contribution < -0.4 is 5.32 Å². The normalized spacial score (nSPS) is 10.2. The first kappa shape index (κ1) is 12.6. The summed E-state index contributed by atoms with van der Waals surface area (Å²) in [5, 5.41) is 2.39. The highest BCUT2D eigenvalue weighted by Gasteiger charge is 2.08. The third-order valence-corrected chi connectivity index (χ3v) is 2.52. The Hall–Kier alpha value is -1.82. The zero-order chi connectivity index (χ0) is 13.1. The highest BCUT2D eigenvalue weighted by Crippen LogP contribution is 2.15. The Morgan fingerprint density at radius 1 is 1.11 bits per heavy atom. The molecule has 1 N–H and O–H groups in total. The number of nitrogens with one attached hydrogen (secondary N) is 1. The monoisotopic (exact) mass is 312 g/mol. The van der Waals surface area contributed by atoms with Crippen LogP contribution in [0.5, 0.6) is 0 Å². The van der Waals surface area contributed by atoms with Crippen molar-refractivity contribution in [3.63, 3.8) is 0 Å². The number of benzene rings is 1. The summed E-state index contributed by atoms with van der Waals surface area (Å²) in [5.74, 6) is -2.00. The van der Waals surface area contributed by atoms with Gasteiger partial charge in [0.1, 0.15) is 11.6 Å². The summed E-state index contributed by atoms with van der Waals surface area (Å²) in [5.41, 5.74) is 0.339. The van der Waals surface area contributed by atoms with Crippen LogP contribution in [0.3, 0.4) is 0 Å². The lowest BCUT2D eigenvalue weighted by molar-refractivity contribution is 0.102. The molecule has 1 heterocycles. The molecule has 2 rings (SSSR count). The van der Waals surface area contributed by atoms with Gasteiger partial charge in [0, 0.05) is 28.6 Å². The molecule has 0 saturated carbocycles. The lowest BCUT2D eigenvalue weighted by Gasteiger charge is -2.05. The summed E-state index contributed by atoms with van der Waals surface area (Å²) < 4.78 is 26.5. The van der Waals surface area contributed by atoms with Crippen molar-refractivity contribution in [3.05, 3.63) is 58.3 Å². The third-order valence-electron chi connectivity index (χ3n) is 2.09. The van der Waals surface area contributed by atoms with Crippen LogP contribution in [0.2, 0.25) is 0 Å². The zero-order valence-corrected chi connectivity index (χ0v) is 10.5. The third kappa shape index (κ3) is 3.10. The smallest absolute Gasteiger partial charge is 0.257 e. The first-order valence-electron chi connectivity index (χ1n) is 4.92. The molecule has 0 aliphatic rings. The fourth-order valence-electron chi connectivity index (χ4n) is 1.37. The van der Waals surface area contributed by atoms with Crippen molar-refractivity contribution >= 4 is 27.5 Å². The summed E-state index contributed by atoms with van der Waals surface area (Å²) in [4.78, 5) is 15.6. The first-order chi connectivity index (χ1) is 8.54. The Morgan fingerprint density at radius 3 is 2.39 bits per heavy atom. The topological polar surface area (TPSA) is 42.0 Å². The van der Waals surface area contributed by atoms with E-state index in [9.17, 15) is 13.6 Å². The van der Waals surface area contributed by atoms with E-state index in [2.05, 4.69) is 26.2 Å². The molecule has 0 radical (unpaired) electrons. The molecule has 3 nitrogen and oxygen atoms in total. The van der Waals surface area contributed by atoms with E-state index in [1.165, 1.54) is 12.4 Å². The van der Waals surface area contributed by atoms with Crippen molar-refractivity contribution in [2.75, 3.05) is 5.32 Å². The number of carbonyl (C=O) groups excluding carboxylic acids is 1. The van der Waals surface area contributed by atoms with E-state index in [0.717, 1.165) is 18.2 Å². The van der Waals surface area contributed by atoms with Crippen molar-refractivity contribution in [1.29, 1.82) is 0 Å². The molecule has 0 spiro atoms. The van der Waals surface area contributed by atoms with Crippen molar-refractivity contribution in [2.45, 2.75) is 0 Å². The molecule has 0 bridgehead atoms. The molecule has 6 heteroatoms. The van der Waals surface area contributed by atoms with E-state index >= 15 is 0 Å². The molecule has 0 atom stereocenters. The summed E-state index contributed by atoms with van der Waals surface area (Å²) in [6.07, 6.45) is 2.88. The minimum absolute atomic E-state index is 0.0532. The summed E-state index contributed by atoms with van der Waals surface area (Å²) >= 11 is 3.18. The number of nitrogens with zero attached hydrogens (tertiary/aromatic N) is 1. The molecule has 0 saturated heterocycles. The molecule has 1 aromatic carbocycles. The molecular formula is C12H7BrF2N2O. The number of hydrogen-bond donors (Lipinski definition) is 1. The molecule has 0 fully saturated rings. The van der Waals surface area contributed by atoms with Gasteiger partial charge in [-0.25, -0.2) is 8.78 Å². The van der Waals surface area contributed by atoms with Crippen LogP contribution in [0.15, 0.2) is 41.1 Å². The fraction of sp³-hybridized carbons (Fsp3) is 0. The number of halogens is 3. The van der Waals surface area contributed by atoms with Gasteiger partial charge in [-0.15, -0.1) is 0 Å². The van der Waals surface area contributed by atoms with E-state index in [4.69, 9.17) is 0 Å². The van der Waals surface area contributed by atoms with Gasteiger partial charge in [0.15, 0.2) is 0 Å². The first-order valence-corrected chi connectivity index (χ1v) is 5.72. The van der Waals surface area contributed by atoms with E-state index in [0.29, 0.717) is 4.47 Å². The van der Waals surface area contributed by atoms with Crippen molar-refractivity contribution in [1.82, 2.24) is 4.98 Å². The number of anilines is 1. The summed E-state index contributed by atoms with van der Waals surface area (Å²) in [6.45, 7) is 0. The molecule has 92 valence electrons. The lowest BCUT2D eigenvalue weighted by atomic mass is 10.2. The standard InChI is InChI=1S/C12H7BrF2N2O/c13-8-1-7(5-16-6-8)12(18)17-11-3-9(14)2-10(15)4-11/h1-6H,(H,17,18). The average Bonchev–Trinajstić information content (AvgIpc) is 2.27. The second-order valence-electron chi connectivity index (χ2n) is 3.50. The fourth-order valence-corrected chi connectivity index (χ4v) is 1.73. The molecule has 0 aliphatic carbocycles. The van der Waals surface area contributed by atoms with E-state index < -0.39 is 17.5 Å². The van der Waals surface area contributed by atoms with Gasteiger partial charge in [-0.05, 0) is 34.1 Å². The van der Waals surface area contributed by atoms with Gasteiger partial charge >= 0.3 is 0 Å². The molecule has 1 aromatic heterocycles. The molecular weight excluding hydrogens is 306 g/mol. The number of amides is 1. The SMILES string of the molecule is O=C(Nc1cc(F)cc(F)c1)c1cncc(Br)c1. The second kappa shape index (κ2) is 5.22. The Kier molecular flexibility index (Phi) is 3.66. The van der Waals surface area contributed by atoms with Gasteiger partial charge in [0.2, 0.25) is 0 Å². The Labute approximate surface area is 110 Å². The Morgan fingerprint density at radius 2 is 1.78 bits per heavy atom. The maximum atomic E-state index is 12.9. The van der Waals surface area contributed by atoms with Gasteiger partial charge in [-0.3, -0.25) is 9.78 Å². The number of pyridine rings is 1. The highest BCUT2D eigenvalue weighted by molar-refractivity contribution is 9.10. The van der Waals surface area contributed by atoms with Crippen LogP contribution in [-0.4, -0.2) is 10.9 Å². The van der Waals surface area contributed by atoms with Crippen LogP contribution in [0.1, 0.15) is 10.4 Å². The predicted molar refractivity (Wildman–Crippen MR) is 66.2 cm³/mol. The number of aromatic nitrogens is 1. The van der Waals surface area contributed by atoms with Gasteiger partial charge in [-0.2, -0.15) is 0 Å². The molecule has 18 heavy (non-hydrogen) atoms. The van der Waals surface area contributed by atoms with Crippen molar-refractivity contribution in [3.8, 4) is 0 Å². The van der Waals surface area contributed by atoms with Crippen LogP contribution in [0.4, 0.5) is 14.5 Å². The van der Waals surface area contributed by atoms with Crippen LogP contribution in [0.25, 0.3) is 0 Å². The van der Waals surface area contributed by atoms with Gasteiger partial charge in [-0.1, -0.05) is 0 Å². The molecule has 1 amide bonds. The lowest BCUT2D eigenvalue weighted by Crippen LogP contribution is -2.12. The summed E-state index contributed by atoms with van der Waals surface area (Å²) in [7, 11) is 0. The van der Waals surface area contributed by atoms with E-state index in [1.807, 2.05) is 0 Å². The largest absolute Gasteiger partial charge is 0.322 e. The zero-order valence-electron chi connectivity index (χ0n) is 8.95. The Bertz CT molecular complexity index is 584. The van der Waals surface area contributed by atoms with Gasteiger partial charge in [0.25, 0.3) is 5.91 Å². The van der Waals surface area contributed by atoms with Gasteiger partial charge < -0.3 is 5.32 Å². The van der Waals surface area contributed by atoms with Crippen molar-refractivity contribution in [2.24, 2.45) is 0 Å². The molecule has 0 unspecified atom stereocenters. The molecule has 0 aliphatic heterocycles. The maximum Gasteiger partial charge on any atom is 0.257 e. The van der Waals surface area contributed by atoms with Crippen LogP contribution in [-0.2, 0) is 0 Å². The van der Waals surface area contributed by atoms with E-state index in [1.54, 1.807) is 6.07 Å². The summed E-state index contributed by atoms with van der Waals surface area (Å²) in [6, 6.07) is 4.35. The van der Waals surface area contributed by atoms with Crippen LogP contribution >= 0.6 is 15.9 Å². The van der Waals surface area contributed by atoms with Crippen molar-refractivity contribution < 1.29 is 13.6 Å². The average molecular weight is 313 g/mol. The molecule has 2 aromatic rings. The van der Waals surface area contributed by atoms with E-state index in [-0.39, 0.29) is 11.3 Å². The Balaban J connectivity index is 2.21. The number of carbonyl (C=O) groups is 1. The van der Waals surface area contributed by atoms with Crippen LogP contribution in [0, 0.1) is 11.6 Å². The second-order valence-corrected chi connectivity index (χ2v) is 4.42.